The normalized spacial score (nSPS) is 11.0. The largest absolute Gasteiger partial charge is 0.712 e. The highest BCUT2D eigenvalue weighted by atomic mass is 16.7. The van der Waals surface area contributed by atoms with Gasteiger partial charge in [0.1, 0.15) is 0 Å². The van der Waals surface area contributed by atoms with Crippen LogP contribution in [0.5, 0.6) is 0 Å². The molecular formula is C4H8N4O7. The topological polar surface area (TPSA) is 162 Å². The van der Waals surface area contributed by atoms with Gasteiger partial charge < -0.3 is 5.11 Å². The minimum absolute atomic E-state index is 0.211. The lowest BCUT2D eigenvalue weighted by Crippen LogP contribution is -2.59. The Labute approximate surface area is 82.1 Å². The molecule has 0 amide bonds. The molecule has 15 heavy (non-hydrogen) atoms. The van der Waals surface area contributed by atoms with E-state index in [0.29, 0.717) is 0 Å². The first-order valence-electron chi connectivity index (χ1n) is 3.64. The molecule has 0 aromatic rings. The highest BCUT2D eigenvalue weighted by Crippen LogP contribution is 2.10. The Kier molecular flexibility index (Phi) is 4.47. The molecule has 0 aromatic heterocycles. The van der Waals surface area contributed by atoms with Gasteiger partial charge in [0, 0.05) is 6.54 Å². The number of hydrogen-bond acceptors (Lipinski definition) is 8. The second kappa shape index (κ2) is 5.11. The number of nitrogens with zero attached hydrogens (tertiary/aromatic N) is 3. The van der Waals surface area contributed by atoms with Crippen LogP contribution in [0.25, 0.3) is 0 Å². The van der Waals surface area contributed by atoms with Crippen molar-refractivity contribution < 1.29 is 19.9 Å². The fourth-order valence-corrected chi connectivity index (χ4v) is 0.729. The van der Waals surface area contributed by atoms with E-state index in [1.165, 1.54) is 0 Å². The number of rotatable bonds is 7. The van der Waals surface area contributed by atoms with E-state index in [9.17, 15) is 30.3 Å². The van der Waals surface area contributed by atoms with Gasteiger partial charge in [-0.15, -0.1) is 0 Å². The minimum Gasteiger partial charge on any atom is -0.395 e. The molecule has 0 fully saturated rings. The van der Waals surface area contributed by atoms with Crippen molar-refractivity contribution in [3.8, 4) is 0 Å². The van der Waals surface area contributed by atoms with Crippen molar-refractivity contribution in [2.75, 3.05) is 19.7 Å². The highest BCUT2D eigenvalue weighted by Gasteiger charge is 2.69. The van der Waals surface area contributed by atoms with Crippen LogP contribution in [0.1, 0.15) is 0 Å². The molecule has 0 bridgehead atoms. The molecule has 0 atom stereocenters. The van der Waals surface area contributed by atoms with Crippen molar-refractivity contribution in [3.05, 3.63) is 30.3 Å². The number of nitro groups is 3. The zero-order valence-electron chi connectivity index (χ0n) is 7.36. The third-order valence-corrected chi connectivity index (χ3v) is 1.53. The first-order chi connectivity index (χ1) is 6.89. The Balaban J connectivity index is 4.90. The van der Waals surface area contributed by atoms with Crippen LogP contribution in [0.15, 0.2) is 0 Å². The smallest absolute Gasteiger partial charge is 0.395 e. The lowest BCUT2D eigenvalue weighted by Gasteiger charge is -2.08. The van der Waals surface area contributed by atoms with E-state index in [2.05, 4.69) is 0 Å². The van der Waals surface area contributed by atoms with Crippen molar-refractivity contribution in [1.82, 2.24) is 5.32 Å². The summed E-state index contributed by atoms with van der Waals surface area (Å²) < 4.78 is 0. The summed E-state index contributed by atoms with van der Waals surface area (Å²) in [6.45, 7) is -1.75. The molecule has 86 valence electrons. The van der Waals surface area contributed by atoms with Gasteiger partial charge in [0.05, 0.1) is 6.61 Å². The molecule has 0 radical (unpaired) electrons. The summed E-state index contributed by atoms with van der Waals surface area (Å²) in [5, 5.41) is 41.3. The lowest BCUT2D eigenvalue weighted by molar-refractivity contribution is -0.966. The molecule has 0 saturated heterocycles. The minimum atomic E-state index is -3.50. The Hall–Kier alpha value is -1.88. The van der Waals surface area contributed by atoms with Crippen LogP contribution >= 0.6 is 0 Å². The quantitative estimate of drug-likeness (QED) is 0.218. The molecule has 0 heterocycles. The first kappa shape index (κ1) is 13.1. The Morgan fingerprint density at radius 3 is 1.73 bits per heavy atom. The predicted molar refractivity (Wildman–Crippen MR) is 43.7 cm³/mol. The van der Waals surface area contributed by atoms with Crippen molar-refractivity contribution in [3.63, 3.8) is 0 Å². The SMILES string of the molecule is O=[N+]([O-])C(CNCCO)([N+](=O)[O-])[N+](=O)[O-]. The molecule has 11 heteroatoms. The van der Waals surface area contributed by atoms with Crippen LogP contribution in [-0.4, -0.2) is 45.4 Å². The fraction of sp³-hybridized carbons (Fsp3) is 1.00. The van der Waals surface area contributed by atoms with E-state index in [4.69, 9.17) is 5.11 Å². The van der Waals surface area contributed by atoms with E-state index < -0.39 is 33.7 Å². The van der Waals surface area contributed by atoms with Gasteiger partial charge in [0.15, 0.2) is 14.8 Å². The molecule has 0 unspecified atom stereocenters. The molecule has 2 N–H and O–H groups in total. The van der Waals surface area contributed by atoms with Gasteiger partial charge in [-0.3, -0.25) is 35.7 Å². The van der Waals surface area contributed by atoms with Gasteiger partial charge in [0.2, 0.25) is 6.54 Å². The summed E-state index contributed by atoms with van der Waals surface area (Å²) >= 11 is 0. The van der Waals surface area contributed by atoms with Crippen LogP contribution in [0.3, 0.4) is 0 Å². The van der Waals surface area contributed by atoms with Gasteiger partial charge in [-0.25, -0.2) is 0 Å². The zero-order valence-corrected chi connectivity index (χ0v) is 7.36. The van der Waals surface area contributed by atoms with Gasteiger partial charge in [-0.05, 0) is 0 Å². The summed E-state index contributed by atoms with van der Waals surface area (Å²) in [6, 6.07) is 0. The Morgan fingerprint density at radius 1 is 1.07 bits per heavy atom. The molecule has 0 rings (SSSR count). The van der Waals surface area contributed by atoms with Crippen LogP contribution in [0.4, 0.5) is 0 Å². The molecule has 0 spiro atoms. The number of aliphatic hydroxyl groups excluding tert-OH is 1. The van der Waals surface area contributed by atoms with E-state index in [-0.39, 0.29) is 6.54 Å². The number of nitrogens with one attached hydrogen (secondary N) is 1. The molecule has 0 saturated carbocycles. The summed E-state index contributed by atoms with van der Waals surface area (Å²) in [5.74, 6) is -3.50. The number of aliphatic hydroxyl groups is 1. The summed E-state index contributed by atoms with van der Waals surface area (Å²) in [6.07, 6.45) is 0. The van der Waals surface area contributed by atoms with Gasteiger partial charge in [-0.1, -0.05) is 0 Å². The predicted octanol–water partition coefficient (Wildman–Crippen LogP) is -1.95. The zero-order chi connectivity index (χ0) is 12.1. The van der Waals surface area contributed by atoms with Gasteiger partial charge >= 0.3 is 5.79 Å². The fourth-order valence-electron chi connectivity index (χ4n) is 0.729. The average Bonchev–Trinajstić information content (AvgIpc) is 2.10. The lowest BCUT2D eigenvalue weighted by atomic mass is 10.3. The van der Waals surface area contributed by atoms with Crippen molar-refractivity contribution in [2.24, 2.45) is 0 Å². The van der Waals surface area contributed by atoms with Crippen LogP contribution < -0.4 is 5.32 Å². The van der Waals surface area contributed by atoms with Crippen LogP contribution in [0.2, 0.25) is 0 Å². The monoisotopic (exact) mass is 224 g/mol. The van der Waals surface area contributed by atoms with Gasteiger partial charge in [0.25, 0.3) is 0 Å². The standard InChI is InChI=1S/C4H8N4O7/c9-2-1-5-3-4(6(10)11,7(12)13)8(14)15/h5,9H,1-3H2. The molecular weight excluding hydrogens is 216 g/mol. The van der Waals surface area contributed by atoms with E-state index >= 15 is 0 Å². The molecule has 0 aliphatic carbocycles. The van der Waals surface area contributed by atoms with E-state index in [1.807, 2.05) is 5.32 Å². The molecule has 0 aliphatic rings. The van der Waals surface area contributed by atoms with Crippen LogP contribution in [-0.2, 0) is 0 Å². The number of hydrogen-bond donors (Lipinski definition) is 2. The van der Waals surface area contributed by atoms with Gasteiger partial charge in [-0.2, -0.15) is 0 Å². The molecule has 0 aliphatic heterocycles. The van der Waals surface area contributed by atoms with E-state index in [0.717, 1.165) is 0 Å². The van der Waals surface area contributed by atoms with E-state index in [1.54, 1.807) is 0 Å². The summed E-state index contributed by atoms with van der Waals surface area (Å²) in [4.78, 5) is 26.2. The Bertz CT molecular complexity index is 242. The molecule has 11 nitrogen and oxygen atoms in total. The highest BCUT2D eigenvalue weighted by molar-refractivity contribution is 4.58. The Morgan fingerprint density at radius 2 is 1.47 bits per heavy atom. The van der Waals surface area contributed by atoms with Crippen molar-refractivity contribution >= 4 is 0 Å². The second-order valence-electron chi connectivity index (χ2n) is 2.45. The third kappa shape index (κ3) is 2.54. The maximum atomic E-state index is 10.3. The van der Waals surface area contributed by atoms with Crippen molar-refractivity contribution in [2.45, 2.75) is 5.79 Å². The second-order valence-corrected chi connectivity index (χ2v) is 2.45. The molecule has 0 aromatic carbocycles. The van der Waals surface area contributed by atoms with Crippen molar-refractivity contribution in [1.29, 1.82) is 0 Å². The first-order valence-corrected chi connectivity index (χ1v) is 3.64. The summed E-state index contributed by atoms with van der Waals surface area (Å²) in [7, 11) is 0. The van der Waals surface area contributed by atoms with Crippen LogP contribution in [0, 0.1) is 30.3 Å². The average molecular weight is 224 g/mol. The summed E-state index contributed by atoms with van der Waals surface area (Å²) in [5.41, 5.74) is 0. The maximum absolute atomic E-state index is 10.3. The maximum Gasteiger partial charge on any atom is 0.712 e. The third-order valence-electron chi connectivity index (χ3n) is 1.53.